The predicted octanol–water partition coefficient (Wildman–Crippen LogP) is 2.55. The van der Waals surface area contributed by atoms with Crippen molar-refractivity contribution in [2.75, 3.05) is 7.11 Å². The molecule has 1 aromatic rings. The van der Waals surface area contributed by atoms with Crippen molar-refractivity contribution in [1.82, 2.24) is 10.1 Å². The standard InChI is InChI=1S/C12H15F3N2O3/c1-19-9(18)5-3-2-4-8-16-10(20-17-8)11(6-7-11)12(13,14)15/h2-7H2,1H3. The molecule has 1 aliphatic rings. The van der Waals surface area contributed by atoms with Gasteiger partial charge in [-0.2, -0.15) is 18.2 Å². The van der Waals surface area contributed by atoms with E-state index in [9.17, 15) is 18.0 Å². The van der Waals surface area contributed by atoms with Crippen LogP contribution in [0.2, 0.25) is 0 Å². The molecule has 0 amide bonds. The quantitative estimate of drug-likeness (QED) is 0.595. The van der Waals surface area contributed by atoms with Gasteiger partial charge in [0.05, 0.1) is 7.11 Å². The highest BCUT2D eigenvalue weighted by atomic mass is 19.4. The van der Waals surface area contributed by atoms with E-state index in [-0.39, 0.29) is 36.9 Å². The fraction of sp³-hybridized carbons (Fsp3) is 0.750. The topological polar surface area (TPSA) is 65.2 Å². The molecule has 1 aliphatic carbocycles. The van der Waals surface area contributed by atoms with E-state index in [1.807, 2.05) is 0 Å². The number of esters is 1. The van der Waals surface area contributed by atoms with E-state index in [2.05, 4.69) is 14.9 Å². The van der Waals surface area contributed by atoms with Crippen molar-refractivity contribution >= 4 is 5.97 Å². The second-order valence-electron chi connectivity index (χ2n) is 4.88. The first-order valence-corrected chi connectivity index (χ1v) is 6.36. The summed E-state index contributed by atoms with van der Waals surface area (Å²) in [5.41, 5.74) is -1.93. The lowest BCUT2D eigenvalue weighted by Crippen LogP contribution is -2.29. The van der Waals surface area contributed by atoms with Gasteiger partial charge in [-0.25, -0.2) is 0 Å². The van der Waals surface area contributed by atoms with Gasteiger partial charge in [-0.15, -0.1) is 0 Å². The van der Waals surface area contributed by atoms with E-state index in [0.717, 1.165) is 0 Å². The van der Waals surface area contributed by atoms with Gasteiger partial charge >= 0.3 is 12.1 Å². The molecule has 8 heteroatoms. The van der Waals surface area contributed by atoms with Crippen molar-refractivity contribution in [3.63, 3.8) is 0 Å². The van der Waals surface area contributed by atoms with Crippen LogP contribution in [0.5, 0.6) is 0 Å². The number of methoxy groups -OCH3 is 1. The molecule has 0 atom stereocenters. The minimum Gasteiger partial charge on any atom is -0.469 e. The number of aromatic nitrogens is 2. The van der Waals surface area contributed by atoms with Crippen LogP contribution in [0.25, 0.3) is 0 Å². The zero-order chi connectivity index (χ0) is 14.8. The predicted molar refractivity (Wildman–Crippen MR) is 60.8 cm³/mol. The van der Waals surface area contributed by atoms with Gasteiger partial charge in [0, 0.05) is 12.8 Å². The van der Waals surface area contributed by atoms with Crippen LogP contribution in [0.3, 0.4) is 0 Å². The molecule has 1 fully saturated rings. The second-order valence-corrected chi connectivity index (χ2v) is 4.88. The molecular formula is C12H15F3N2O3. The number of carbonyl (C=O) groups is 1. The minimum atomic E-state index is -4.35. The van der Waals surface area contributed by atoms with Crippen LogP contribution in [0, 0.1) is 0 Å². The highest BCUT2D eigenvalue weighted by Crippen LogP contribution is 2.58. The fourth-order valence-corrected chi connectivity index (χ4v) is 1.95. The number of rotatable bonds is 6. The third-order valence-electron chi connectivity index (χ3n) is 3.43. The van der Waals surface area contributed by atoms with Crippen LogP contribution in [-0.4, -0.2) is 29.4 Å². The van der Waals surface area contributed by atoms with Gasteiger partial charge in [-0.3, -0.25) is 4.79 Å². The summed E-state index contributed by atoms with van der Waals surface area (Å²) < 4.78 is 47.8. The lowest BCUT2D eigenvalue weighted by atomic mass is 10.1. The SMILES string of the molecule is COC(=O)CCCCc1noc(C2(C(F)(F)F)CC2)n1. The maximum absolute atomic E-state index is 12.8. The number of hydrogen-bond donors (Lipinski definition) is 0. The number of nitrogens with zero attached hydrogens (tertiary/aromatic N) is 2. The lowest BCUT2D eigenvalue weighted by molar-refractivity contribution is -0.166. The van der Waals surface area contributed by atoms with Crippen LogP contribution < -0.4 is 0 Å². The Balaban J connectivity index is 1.86. The minimum absolute atomic E-state index is 0.000470. The lowest BCUT2D eigenvalue weighted by Gasteiger charge is -2.13. The van der Waals surface area contributed by atoms with Crippen LogP contribution in [0.1, 0.15) is 43.8 Å². The summed E-state index contributed by atoms with van der Waals surface area (Å²) >= 11 is 0. The van der Waals surface area contributed by atoms with Crippen LogP contribution in [0.4, 0.5) is 13.2 Å². The first-order valence-electron chi connectivity index (χ1n) is 6.36. The number of carbonyl (C=O) groups excluding carboxylic acids is 1. The fourth-order valence-electron chi connectivity index (χ4n) is 1.95. The first-order chi connectivity index (χ1) is 9.39. The Labute approximate surface area is 113 Å². The number of unbranched alkanes of at least 4 members (excludes halogenated alkanes) is 1. The molecule has 0 spiro atoms. The van der Waals surface area contributed by atoms with E-state index in [1.165, 1.54) is 7.11 Å². The molecule has 1 aromatic heterocycles. The number of alkyl halides is 3. The van der Waals surface area contributed by atoms with E-state index in [4.69, 9.17) is 4.52 Å². The van der Waals surface area contributed by atoms with Gasteiger partial charge < -0.3 is 9.26 Å². The molecule has 0 bridgehead atoms. The van der Waals surface area contributed by atoms with Gasteiger partial charge in [0.2, 0.25) is 5.89 Å². The Morgan fingerprint density at radius 1 is 1.40 bits per heavy atom. The van der Waals surface area contributed by atoms with Crippen molar-refractivity contribution in [3.8, 4) is 0 Å². The van der Waals surface area contributed by atoms with Crippen molar-refractivity contribution in [2.24, 2.45) is 0 Å². The summed E-state index contributed by atoms with van der Waals surface area (Å²) in [6.45, 7) is 0. The van der Waals surface area contributed by atoms with Crippen molar-refractivity contribution in [2.45, 2.75) is 50.1 Å². The number of ether oxygens (including phenoxy) is 1. The zero-order valence-corrected chi connectivity index (χ0v) is 11.0. The molecule has 1 heterocycles. The maximum Gasteiger partial charge on any atom is 0.403 e. The van der Waals surface area contributed by atoms with Crippen LogP contribution in [0.15, 0.2) is 4.52 Å². The smallest absolute Gasteiger partial charge is 0.403 e. The maximum atomic E-state index is 12.8. The summed E-state index contributed by atoms with van der Waals surface area (Å²) in [5.74, 6) is -0.402. The summed E-state index contributed by atoms with van der Waals surface area (Å²) in [7, 11) is 1.31. The molecular weight excluding hydrogens is 277 g/mol. The molecule has 20 heavy (non-hydrogen) atoms. The highest BCUT2D eigenvalue weighted by Gasteiger charge is 2.68. The molecule has 0 unspecified atom stereocenters. The van der Waals surface area contributed by atoms with Gasteiger partial charge in [-0.1, -0.05) is 5.16 Å². The van der Waals surface area contributed by atoms with Crippen molar-refractivity contribution in [1.29, 1.82) is 0 Å². The molecule has 0 radical (unpaired) electrons. The average Bonchev–Trinajstić information content (AvgIpc) is 3.09. The number of hydrogen-bond acceptors (Lipinski definition) is 5. The summed E-state index contributed by atoms with van der Waals surface area (Å²) in [6.07, 6.45) is -2.53. The number of halogens is 3. The van der Waals surface area contributed by atoms with Crippen molar-refractivity contribution in [3.05, 3.63) is 11.7 Å². The van der Waals surface area contributed by atoms with Crippen LogP contribution in [-0.2, 0) is 21.4 Å². The summed E-state index contributed by atoms with van der Waals surface area (Å²) in [6, 6.07) is 0. The molecule has 0 saturated heterocycles. The second kappa shape index (κ2) is 5.41. The van der Waals surface area contributed by atoms with Gasteiger partial charge in [-0.05, 0) is 25.7 Å². The van der Waals surface area contributed by atoms with Crippen molar-refractivity contribution < 1.29 is 27.2 Å². The number of aryl methyl sites for hydroxylation is 1. The largest absolute Gasteiger partial charge is 0.469 e. The van der Waals surface area contributed by atoms with Crippen LogP contribution >= 0.6 is 0 Å². The van der Waals surface area contributed by atoms with Gasteiger partial charge in [0.1, 0.15) is 5.41 Å². The molecule has 2 rings (SSSR count). The molecule has 0 N–H and O–H groups in total. The van der Waals surface area contributed by atoms with Gasteiger partial charge in [0.25, 0.3) is 0 Å². The Bertz CT molecular complexity index is 481. The van der Waals surface area contributed by atoms with E-state index in [0.29, 0.717) is 19.3 Å². The molecule has 5 nitrogen and oxygen atoms in total. The Morgan fingerprint density at radius 3 is 2.65 bits per heavy atom. The highest BCUT2D eigenvalue weighted by molar-refractivity contribution is 5.68. The van der Waals surface area contributed by atoms with E-state index in [1.54, 1.807) is 0 Å². The van der Waals surface area contributed by atoms with E-state index < -0.39 is 11.6 Å². The summed E-state index contributed by atoms with van der Waals surface area (Å²) in [4.78, 5) is 14.7. The molecule has 112 valence electrons. The zero-order valence-electron chi connectivity index (χ0n) is 11.0. The average molecular weight is 292 g/mol. The first kappa shape index (κ1) is 14.8. The van der Waals surface area contributed by atoms with Gasteiger partial charge in [0.15, 0.2) is 5.82 Å². The molecule has 0 aromatic carbocycles. The normalized spacial score (nSPS) is 17.0. The Kier molecular flexibility index (Phi) is 4.01. The van der Waals surface area contributed by atoms with E-state index >= 15 is 0 Å². The summed E-state index contributed by atoms with van der Waals surface area (Å²) in [5, 5.41) is 3.57. The molecule has 0 aliphatic heterocycles. The third-order valence-corrected chi connectivity index (χ3v) is 3.43. The third kappa shape index (κ3) is 2.94. The Morgan fingerprint density at radius 2 is 2.10 bits per heavy atom. The molecule has 1 saturated carbocycles. The Hall–Kier alpha value is -1.60. The monoisotopic (exact) mass is 292 g/mol.